The van der Waals surface area contributed by atoms with Gasteiger partial charge in [0.2, 0.25) is 11.8 Å². The molecule has 142 valence electrons. The molecule has 1 aliphatic heterocycles. The molecule has 3 rings (SSSR count). The largest absolute Gasteiger partial charge is 0.356 e. The van der Waals surface area contributed by atoms with E-state index in [9.17, 15) is 9.59 Å². The summed E-state index contributed by atoms with van der Waals surface area (Å²) in [4.78, 5) is 26.5. The Bertz CT molecular complexity index is 611. The minimum absolute atomic E-state index is 0.0912. The normalized spacial score (nSPS) is 21.2. The quantitative estimate of drug-likeness (QED) is 0.726. The topological polar surface area (TPSA) is 49.4 Å². The lowest BCUT2D eigenvalue weighted by Crippen LogP contribution is -2.45. The van der Waals surface area contributed by atoms with Crippen LogP contribution in [0.1, 0.15) is 56.9 Å². The lowest BCUT2D eigenvalue weighted by atomic mass is 9.96. The Labute approximate surface area is 161 Å². The van der Waals surface area contributed by atoms with Crippen LogP contribution in [-0.2, 0) is 16.1 Å². The molecule has 5 heteroatoms. The van der Waals surface area contributed by atoms with E-state index in [1.54, 1.807) is 4.90 Å². The average molecular weight is 377 g/mol. The summed E-state index contributed by atoms with van der Waals surface area (Å²) >= 11 is 5.92. The third kappa shape index (κ3) is 5.47. The highest BCUT2D eigenvalue weighted by Gasteiger charge is 2.30. The van der Waals surface area contributed by atoms with Crippen LogP contribution in [0.2, 0.25) is 5.02 Å². The molecule has 0 aromatic heterocycles. The Morgan fingerprint density at radius 1 is 1.15 bits per heavy atom. The second-order valence-electron chi connectivity index (χ2n) is 7.72. The van der Waals surface area contributed by atoms with E-state index in [4.69, 9.17) is 11.6 Å². The Morgan fingerprint density at radius 2 is 1.88 bits per heavy atom. The van der Waals surface area contributed by atoms with E-state index in [0.29, 0.717) is 31.0 Å². The molecule has 0 spiro atoms. The van der Waals surface area contributed by atoms with Crippen LogP contribution in [0.5, 0.6) is 0 Å². The van der Waals surface area contributed by atoms with E-state index in [1.807, 2.05) is 24.3 Å². The predicted octanol–water partition coefficient (Wildman–Crippen LogP) is 4.17. The molecular formula is C21H29ClN2O2. The standard InChI is InChI=1S/C21H29ClN2O2/c22-19-10-7-17(8-11-19)14-24-15-18(9-12-20(24)25)21(26)23-13-3-6-16-4-1-2-5-16/h7-8,10-11,16,18H,1-6,9,12-15H2,(H,23,26)/t18-/m1/s1. The Kier molecular flexibility index (Phi) is 6.95. The van der Waals surface area contributed by atoms with Crippen molar-refractivity contribution in [3.05, 3.63) is 34.9 Å². The van der Waals surface area contributed by atoms with Crippen LogP contribution < -0.4 is 5.32 Å². The number of carbonyl (C=O) groups is 2. The number of amides is 2. The maximum atomic E-state index is 12.5. The highest BCUT2D eigenvalue weighted by molar-refractivity contribution is 6.30. The second-order valence-corrected chi connectivity index (χ2v) is 8.16. The van der Waals surface area contributed by atoms with Gasteiger partial charge in [0, 0.05) is 31.1 Å². The Balaban J connectivity index is 1.43. The third-order valence-corrected chi connectivity index (χ3v) is 5.97. The van der Waals surface area contributed by atoms with Crippen molar-refractivity contribution in [3.63, 3.8) is 0 Å². The van der Waals surface area contributed by atoms with Gasteiger partial charge in [-0.3, -0.25) is 9.59 Å². The summed E-state index contributed by atoms with van der Waals surface area (Å²) < 4.78 is 0. The SMILES string of the molecule is O=C(NCCCC1CCCC1)[C@@H]1CCC(=O)N(Cc2ccc(Cl)cc2)C1. The molecule has 1 aliphatic carbocycles. The lowest BCUT2D eigenvalue weighted by molar-refractivity contribution is -0.138. The molecule has 4 nitrogen and oxygen atoms in total. The zero-order valence-corrected chi connectivity index (χ0v) is 16.1. The van der Waals surface area contributed by atoms with Crippen LogP contribution in [0.3, 0.4) is 0 Å². The van der Waals surface area contributed by atoms with Gasteiger partial charge in [0.1, 0.15) is 0 Å². The van der Waals surface area contributed by atoms with Crippen molar-refractivity contribution in [1.29, 1.82) is 0 Å². The van der Waals surface area contributed by atoms with Gasteiger partial charge in [-0.15, -0.1) is 0 Å². The van der Waals surface area contributed by atoms with Gasteiger partial charge < -0.3 is 10.2 Å². The first kappa shape index (κ1) is 19.2. The number of piperidine rings is 1. The predicted molar refractivity (Wildman–Crippen MR) is 104 cm³/mol. The number of halogens is 1. The van der Waals surface area contributed by atoms with Crippen molar-refractivity contribution in [3.8, 4) is 0 Å². The minimum atomic E-state index is -0.0912. The highest BCUT2D eigenvalue weighted by Crippen LogP contribution is 2.28. The number of rotatable bonds is 7. The molecule has 1 aromatic carbocycles. The summed E-state index contributed by atoms with van der Waals surface area (Å²) in [6, 6.07) is 7.53. The van der Waals surface area contributed by atoms with E-state index in [-0.39, 0.29) is 17.7 Å². The van der Waals surface area contributed by atoms with Gasteiger partial charge in [0.25, 0.3) is 0 Å². The van der Waals surface area contributed by atoms with Gasteiger partial charge in [0.05, 0.1) is 5.92 Å². The van der Waals surface area contributed by atoms with Crippen LogP contribution in [0, 0.1) is 11.8 Å². The van der Waals surface area contributed by atoms with Gasteiger partial charge >= 0.3 is 0 Å². The second kappa shape index (κ2) is 9.40. The highest BCUT2D eigenvalue weighted by atomic mass is 35.5. The van der Waals surface area contributed by atoms with Crippen molar-refractivity contribution in [2.24, 2.45) is 11.8 Å². The van der Waals surface area contributed by atoms with Crippen LogP contribution in [0.4, 0.5) is 0 Å². The number of nitrogens with zero attached hydrogens (tertiary/aromatic N) is 1. The van der Waals surface area contributed by atoms with E-state index < -0.39 is 0 Å². The van der Waals surface area contributed by atoms with Crippen molar-refractivity contribution in [2.45, 2.75) is 57.9 Å². The average Bonchev–Trinajstić information content (AvgIpc) is 3.16. The number of benzene rings is 1. The minimum Gasteiger partial charge on any atom is -0.356 e. The number of carbonyl (C=O) groups excluding carboxylic acids is 2. The number of nitrogens with one attached hydrogen (secondary N) is 1. The Hall–Kier alpha value is -1.55. The van der Waals surface area contributed by atoms with Crippen molar-refractivity contribution in [1.82, 2.24) is 10.2 Å². The van der Waals surface area contributed by atoms with Gasteiger partial charge in [-0.2, -0.15) is 0 Å². The smallest absolute Gasteiger partial charge is 0.224 e. The fourth-order valence-electron chi connectivity index (χ4n) is 4.14. The third-order valence-electron chi connectivity index (χ3n) is 5.72. The summed E-state index contributed by atoms with van der Waals surface area (Å²) in [6.45, 7) is 1.81. The summed E-state index contributed by atoms with van der Waals surface area (Å²) in [5.74, 6) is 1.01. The molecule has 1 saturated heterocycles. The lowest BCUT2D eigenvalue weighted by Gasteiger charge is -2.32. The molecule has 0 radical (unpaired) electrons. The monoisotopic (exact) mass is 376 g/mol. The zero-order valence-electron chi connectivity index (χ0n) is 15.4. The molecule has 2 amide bonds. The van der Waals surface area contributed by atoms with Gasteiger partial charge in [-0.05, 0) is 42.9 Å². The van der Waals surface area contributed by atoms with Crippen molar-refractivity contribution >= 4 is 23.4 Å². The van der Waals surface area contributed by atoms with E-state index in [1.165, 1.54) is 32.1 Å². The molecule has 1 atom stereocenters. The molecular weight excluding hydrogens is 348 g/mol. The van der Waals surface area contributed by atoms with Gasteiger partial charge in [-0.1, -0.05) is 49.4 Å². The molecule has 1 saturated carbocycles. The number of hydrogen-bond donors (Lipinski definition) is 1. The molecule has 0 unspecified atom stereocenters. The van der Waals surface area contributed by atoms with Crippen molar-refractivity contribution < 1.29 is 9.59 Å². The first-order valence-corrected chi connectivity index (χ1v) is 10.3. The van der Waals surface area contributed by atoms with E-state index in [2.05, 4.69) is 5.32 Å². The van der Waals surface area contributed by atoms with E-state index >= 15 is 0 Å². The molecule has 2 aliphatic rings. The fourth-order valence-corrected chi connectivity index (χ4v) is 4.26. The molecule has 1 heterocycles. The first-order valence-electron chi connectivity index (χ1n) is 9.92. The fraction of sp³-hybridized carbons (Fsp3) is 0.619. The molecule has 0 bridgehead atoms. The van der Waals surface area contributed by atoms with Crippen LogP contribution in [0.25, 0.3) is 0 Å². The van der Waals surface area contributed by atoms with Crippen LogP contribution >= 0.6 is 11.6 Å². The summed E-state index contributed by atoms with van der Waals surface area (Å²) in [7, 11) is 0. The maximum Gasteiger partial charge on any atom is 0.224 e. The van der Waals surface area contributed by atoms with E-state index in [0.717, 1.165) is 24.4 Å². The first-order chi connectivity index (χ1) is 12.6. The Morgan fingerprint density at radius 3 is 2.62 bits per heavy atom. The molecule has 1 N–H and O–H groups in total. The summed E-state index contributed by atoms with van der Waals surface area (Å²) in [5.41, 5.74) is 1.04. The maximum absolute atomic E-state index is 12.5. The van der Waals surface area contributed by atoms with Gasteiger partial charge in [0.15, 0.2) is 0 Å². The number of likely N-dealkylation sites (tertiary alicyclic amines) is 1. The van der Waals surface area contributed by atoms with Crippen LogP contribution in [0.15, 0.2) is 24.3 Å². The van der Waals surface area contributed by atoms with Crippen LogP contribution in [-0.4, -0.2) is 29.8 Å². The van der Waals surface area contributed by atoms with Crippen molar-refractivity contribution in [2.75, 3.05) is 13.1 Å². The molecule has 1 aromatic rings. The zero-order chi connectivity index (χ0) is 18.4. The summed E-state index contributed by atoms with van der Waals surface area (Å²) in [6.07, 6.45) is 8.87. The summed E-state index contributed by atoms with van der Waals surface area (Å²) in [5, 5.41) is 3.78. The molecule has 2 fully saturated rings. The van der Waals surface area contributed by atoms with Gasteiger partial charge in [-0.25, -0.2) is 0 Å². The molecule has 26 heavy (non-hydrogen) atoms. The number of hydrogen-bond acceptors (Lipinski definition) is 2.